The van der Waals surface area contributed by atoms with Gasteiger partial charge in [0.2, 0.25) is 10.0 Å². The maximum absolute atomic E-state index is 12.1. The molecule has 1 aromatic rings. The number of sulfonamides is 1. The second-order valence-corrected chi connectivity index (χ2v) is 6.53. The highest BCUT2D eigenvalue weighted by Gasteiger charge is 2.30. The van der Waals surface area contributed by atoms with Gasteiger partial charge in [-0.1, -0.05) is 12.1 Å². The van der Waals surface area contributed by atoms with Crippen LogP contribution in [0, 0.1) is 0 Å². The van der Waals surface area contributed by atoms with Crippen molar-refractivity contribution in [3.63, 3.8) is 0 Å². The molecule has 1 fully saturated rings. The molecule has 0 bridgehead atoms. The van der Waals surface area contributed by atoms with Crippen LogP contribution >= 0.6 is 0 Å². The number of nitrogens with zero attached hydrogens (tertiary/aromatic N) is 1. The summed E-state index contributed by atoms with van der Waals surface area (Å²) in [5.74, 6) is -1.23. The maximum atomic E-state index is 12.1. The number of benzene rings is 1. The minimum absolute atomic E-state index is 0.123. The molecule has 6 nitrogen and oxygen atoms in total. The van der Waals surface area contributed by atoms with Crippen LogP contribution in [-0.4, -0.2) is 48.1 Å². The Morgan fingerprint density at radius 2 is 1.95 bits per heavy atom. The molecule has 1 aliphatic rings. The molecule has 1 heterocycles. The Morgan fingerprint density at radius 3 is 2.42 bits per heavy atom. The zero-order chi connectivity index (χ0) is 14.0. The fourth-order valence-electron chi connectivity index (χ4n) is 2.01. The highest BCUT2D eigenvalue weighted by Crippen LogP contribution is 2.18. The molecule has 0 amide bonds. The summed E-state index contributed by atoms with van der Waals surface area (Å²) >= 11 is 0. The van der Waals surface area contributed by atoms with Gasteiger partial charge in [0.25, 0.3) is 0 Å². The van der Waals surface area contributed by atoms with Crippen molar-refractivity contribution in [1.29, 1.82) is 0 Å². The lowest BCUT2D eigenvalue weighted by Crippen LogP contribution is -2.30. The smallest absolute Gasteiger partial charge is 0.335 e. The minimum Gasteiger partial charge on any atom is -0.478 e. The first-order valence-corrected chi connectivity index (χ1v) is 7.47. The third-order valence-corrected chi connectivity index (χ3v) is 4.89. The Morgan fingerprint density at radius 1 is 1.32 bits per heavy atom. The number of rotatable bonds is 4. The number of carboxylic acids is 1. The lowest BCUT2D eigenvalue weighted by atomic mass is 10.1. The Labute approximate surface area is 111 Å². The van der Waals surface area contributed by atoms with E-state index in [0.717, 1.165) is 0 Å². The van der Waals surface area contributed by atoms with Gasteiger partial charge in [-0.05, 0) is 24.1 Å². The second-order valence-electron chi connectivity index (χ2n) is 4.56. The van der Waals surface area contributed by atoms with E-state index in [9.17, 15) is 18.3 Å². The van der Waals surface area contributed by atoms with Crippen LogP contribution in [0.15, 0.2) is 24.3 Å². The molecule has 0 spiro atoms. The number of hydrogen-bond donors (Lipinski definition) is 2. The molecule has 0 aliphatic carbocycles. The van der Waals surface area contributed by atoms with E-state index in [1.54, 1.807) is 0 Å². The van der Waals surface area contributed by atoms with Gasteiger partial charge in [0.05, 0.1) is 17.4 Å². The van der Waals surface area contributed by atoms with Gasteiger partial charge in [0, 0.05) is 13.1 Å². The third kappa shape index (κ3) is 3.31. The Kier molecular flexibility index (Phi) is 3.88. The first-order valence-electron chi connectivity index (χ1n) is 5.86. The van der Waals surface area contributed by atoms with Crippen molar-refractivity contribution in [1.82, 2.24) is 4.31 Å². The number of hydrogen-bond acceptors (Lipinski definition) is 4. The topological polar surface area (TPSA) is 94.9 Å². The number of aromatic carboxylic acids is 1. The van der Waals surface area contributed by atoms with E-state index in [1.165, 1.54) is 28.6 Å². The Balaban J connectivity index is 2.10. The van der Waals surface area contributed by atoms with Crippen LogP contribution in [0.2, 0.25) is 0 Å². The lowest BCUT2D eigenvalue weighted by Gasteiger charge is -2.15. The summed E-state index contributed by atoms with van der Waals surface area (Å²) in [6, 6.07) is 5.75. The summed E-state index contributed by atoms with van der Waals surface area (Å²) in [6.45, 7) is 0.465. The number of aliphatic hydroxyl groups excluding tert-OH is 1. The largest absolute Gasteiger partial charge is 0.478 e. The summed E-state index contributed by atoms with van der Waals surface area (Å²) in [5, 5.41) is 18.1. The van der Waals surface area contributed by atoms with Gasteiger partial charge >= 0.3 is 5.97 Å². The standard InChI is InChI=1S/C12H15NO5S/c14-11-5-6-13(7-11)19(17,18)8-9-1-3-10(4-2-9)12(15)16/h1-4,11,14H,5-8H2,(H,15,16)/t11-/m0/s1. The average molecular weight is 285 g/mol. The van der Waals surface area contributed by atoms with Crippen molar-refractivity contribution in [2.75, 3.05) is 13.1 Å². The van der Waals surface area contributed by atoms with Gasteiger partial charge in [-0.25, -0.2) is 13.2 Å². The zero-order valence-electron chi connectivity index (χ0n) is 10.2. The van der Waals surface area contributed by atoms with Crippen molar-refractivity contribution >= 4 is 16.0 Å². The van der Waals surface area contributed by atoms with E-state index in [1.807, 2.05) is 0 Å². The van der Waals surface area contributed by atoms with E-state index < -0.39 is 22.1 Å². The number of carboxylic acid groups (broad SMARTS) is 1. The van der Waals surface area contributed by atoms with Gasteiger partial charge in [-0.2, -0.15) is 4.31 Å². The minimum atomic E-state index is -3.45. The van der Waals surface area contributed by atoms with E-state index in [-0.39, 0.29) is 17.9 Å². The van der Waals surface area contributed by atoms with Gasteiger partial charge < -0.3 is 10.2 Å². The molecule has 1 aromatic carbocycles. The summed E-state index contributed by atoms with van der Waals surface area (Å²) in [6.07, 6.45) is -0.138. The predicted octanol–water partition coefficient (Wildman–Crippen LogP) is 0.281. The molecule has 7 heteroatoms. The molecule has 0 aromatic heterocycles. The zero-order valence-corrected chi connectivity index (χ0v) is 11.0. The fraction of sp³-hybridized carbons (Fsp3) is 0.417. The monoisotopic (exact) mass is 285 g/mol. The summed E-state index contributed by atoms with van der Waals surface area (Å²) in [5.41, 5.74) is 0.657. The van der Waals surface area contributed by atoms with Crippen molar-refractivity contribution < 1.29 is 23.4 Å². The fourth-order valence-corrected chi connectivity index (χ4v) is 3.59. The molecule has 0 unspecified atom stereocenters. The van der Waals surface area contributed by atoms with Crippen molar-refractivity contribution in [3.8, 4) is 0 Å². The number of β-amino-alcohol motifs (C(OH)–C–C–N with tert-alkyl or cyclic N) is 1. The average Bonchev–Trinajstić information content (AvgIpc) is 2.77. The molecule has 104 valence electrons. The van der Waals surface area contributed by atoms with Crippen molar-refractivity contribution in [2.24, 2.45) is 0 Å². The molecular weight excluding hydrogens is 270 g/mol. The SMILES string of the molecule is O=C(O)c1ccc(CS(=O)(=O)N2CC[C@H](O)C2)cc1. The summed E-state index contributed by atoms with van der Waals surface area (Å²) < 4.78 is 25.4. The van der Waals surface area contributed by atoms with E-state index >= 15 is 0 Å². The molecule has 2 N–H and O–H groups in total. The molecular formula is C12H15NO5S. The molecule has 0 radical (unpaired) electrons. The maximum Gasteiger partial charge on any atom is 0.335 e. The number of carbonyl (C=O) groups is 1. The van der Waals surface area contributed by atoms with Crippen LogP contribution in [0.5, 0.6) is 0 Å². The first kappa shape index (κ1) is 14.0. The molecule has 1 atom stereocenters. The Hall–Kier alpha value is -1.44. The Bertz CT molecular complexity index is 566. The summed E-state index contributed by atoms with van der Waals surface area (Å²) in [7, 11) is -3.45. The van der Waals surface area contributed by atoms with Gasteiger partial charge in [-0.15, -0.1) is 0 Å². The number of aliphatic hydroxyl groups is 1. The molecule has 1 aliphatic heterocycles. The second kappa shape index (κ2) is 5.28. The summed E-state index contributed by atoms with van der Waals surface area (Å²) in [4.78, 5) is 10.7. The molecule has 0 saturated carbocycles. The van der Waals surface area contributed by atoms with Crippen LogP contribution in [0.25, 0.3) is 0 Å². The van der Waals surface area contributed by atoms with Gasteiger partial charge in [0.15, 0.2) is 0 Å². The van der Waals surface area contributed by atoms with Crippen LogP contribution in [0.3, 0.4) is 0 Å². The first-order chi connectivity index (χ1) is 8.88. The van der Waals surface area contributed by atoms with Crippen LogP contribution in [0.4, 0.5) is 0 Å². The highest BCUT2D eigenvalue weighted by molar-refractivity contribution is 7.88. The van der Waals surface area contributed by atoms with Gasteiger partial charge in [-0.3, -0.25) is 0 Å². The van der Waals surface area contributed by atoms with E-state index in [2.05, 4.69) is 0 Å². The van der Waals surface area contributed by atoms with E-state index in [4.69, 9.17) is 5.11 Å². The van der Waals surface area contributed by atoms with Gasteiger partial charge in [0.1, 0.15) is 0 Å². The molecule has 19 heavy (non-hydrogen) atoms. The quantitative estimate of drug-likeness (QED) is 0.828. The van der Waals surface area contributed by atoms with Crippen LogP contribution < -0.4 is 0 Å². The third-order valence-electron chi connectivity index (χ3n) is 3.07. The highest BCUT2D eigenvalue weighted by atomic mass is 32.2. The van der Waals surface area contributed by atoms with Crippen LogP contribution in [-0.2, 0) is 15.8 Å². The lowest BCUT2D eigenvalue weighted by molar-refractivity contribution is 0.0697. The van der Waals surface area contributed by atoms with Crippen molar-refractivity contribution in [3.05, 3.63) is 35.4 Å². The van der Waals surface area contributed by atoms with Crippen LogP contribution in [0.1, 0.15) is 22.3 Å². The normalized spacial score (nSPS) is 20.6. The molecule has 1 saturated heterocycles. The van der Waals surface area contributed by atoms with Crippen molar-refractivity contribution in [2.45, 2.75) is 18.3 Å². The molecule has 2 rings (SSSR count). The predicted molar refractivity (Wildman–Crippen MR) is 68.2 cm³/mol. The van der Waals surface area contributed by atoms with E-state index in [0.29, 0.717) is 18.5 Å².